The number of guanidine groups is 1. The number of aryl methyl sites for hydroxylation is 1. The average molecular weight is 336 g/mol. The molecule has 6 heteroatoms. The van der Waals surface area contributed by atoms with Crippen molar-refractivity contribution in [2.24, 2.45) is 10.7 Å². The van der Waals surface area contributed by atoms with E-state index in [4.69, 9.17) is 10.3 Å². The number of nitrogens with zero attached hydrogens (tertiary/aromatic N) is 2. The van der Waals surface area contributed by atoms with E-state index < -0.39 is 0 Å². The number of aliphatic imine (C=N–C) groups is 1. The van der Waals surface area contributed by atoms with E-state index in [1.165, 1.54) is 18.4 Å². The van der Waals surface area contributed by atoms with Crippen LogP contribution in [0.5, 0.6) is 0 Å². The minimum absolute atomic E-state index is 0. The van der Waals surface area contributed by atoms with E-state index in [0.717, 1.165) is 24.3 Å². The summed E-state index contributed by atoms with van der Waals surface area (Å²) >= 11 is 0. The van der Waals surface area contributed by atoms with Crippen LogP contribution in [-0.2, 0) is 19.4 Å². The molecule has 1 aromatic rings. The van der Waals surface area contributed by atoms with Crippen molar-refractivity contribution >= 4 is 29.9 Å². The molecule has 2 rings (SSSR count). The lowest BCUT2D eigenvalue weighted by atomic mass is 9.96. The van der Waals surface area contributed by atoms with Gasteiger partial charge in [0.2, 0.25) is 0 Å². The van der Waals surface area contributed by atoms with E-state index in [9.17, 15) is 0 Å². The van der Waals surface area contributed by atoms with Gasteiger partial charge in [-0.3, -0.25) is 4.99 Å². The molecule has 0 amide bonds. The molecule has 5 nitrogen and oxygen atoms in total. The van der Waals surface area contributed by atoms with Crippen LogP contribution < -0.4 is 11.1 Å². The Bertz CT molecular complexity index is 375. The summed E-state index contributed by atoms with van der Waals surface area (Å²) in [6, 6.07) is 0. The molecular weight excluding hydrogens is 319 g/mol. The maximum atomic E-state index is 5.55. The first-order valence-electron chi connectivity index (χ1n) is 5.23. The zero-order valence-corrected chi connectivity index (χ0v) is 11.7. The van der Waals surface area contributed by atoms with E-state index in [1.807, 2.05) is 0 Å². The molecule has 0 atom stereocenters. The molecule has 16 heavy (non-hydrogen) atoms. The van der Waals surface area contributed by atoms with Gasteiger partial charge in [-0.2, -0.15) is 0 Å². The van der Waals surface area contributed by atoms with E-state index >= 15 is 0 Å². The minimum atomic E-state index is 0. The molecule has 90 valence electrons. The number of aromatic nitrogens is 1. The van der Waals surface area contributed by atoms with Crippen LogP contribution in [0.4, 0.5) is 0 Å². The normalized spacial score (nSPS) is 15.2. The van der Waals surface area contributed by atoms with E-state index in [-0.39, 0.29) is 24.0 Å². The van der Waals surface area contributed by atoms with Gasteiger partial charge in [0.15, 0.2) is 5.96 Å². The summed E-state index contributed by atoms with van der Waals surface area (Å²) in [5.74, 6) is 1.48. The number of rotatable bonds is 2. The van der Waals surface area contributed by atoms with Crippen molar-refractivity contribution in [3.05, 3.63) is 17.0 Å². The van der Waals surface area contributed by atoms with Crippen LogP contribution in [0.15, 0.2) is 9.52 Å². The van der Waals surface area contributed by atoms with Gasteiger partial charge in [-0.15, -0.1) is 24.0 Å². The van der Waals surface area contributed by atoms with Gasteiger partial charge in [0.1, 0.15) is 11.5 Å². The number of fused-ring (bicyclic) bond motifs is 1. The molecule has 0 aromatic carbocycles. The van der Waals surface area contributed by atoms with E-state index in [0.29, 0.717) is 12.5 Å². The van der Waals surface area contributed by atoms with Crippen LogP contribution in [0.3, 0.4) is 0 Å². The van der Waals surface area contributed by atoms with Crippen LogP contribution in [0.2, 0.25) is 0 Å². The Morgan fingerprint density at radius 2 is 2.25 bits per heavy atom. The zero-order chi connectivity index (χ0) is 10.7. The fraction of sp³-hybridized carbons (Fsp3) is 0.600. The zero-order valence-electron chi connectivity index (χ0n) is 9.32. The SMILES string of the molecule is CN=C(N)NCc1noc2c1CCCC2.I. The fourth-order valence-electron chi connectivity index (χ4n) is 1.84. The van der Waals surface area contributed by atoms with Crippen LogP contribution in [0.1, 0.15) is 29.9 Å². The second-order valence-electron chi connectivity index (χ2n) is 3.70. The van der Waals surface area contributed by atoms with Crippen LogP contribution in [0, 0.1) is 0 Å². The third-order valence-electron chi connectivity index (χ3n) is 2.71. The standard InChI is InChI=1S/C10H16N4O.HI/c1-12-10(11)13-6-8-7-4-2-3-5-9(7)15-14-8;/h2-6H2,1H3,(H3,11,12,13);1H. The van der Waals surface area contributed by atoms with Crippen molar-refractivity contribution in [2.75, 3.05) is 7.05 Å². The summed E-state index contributed by atoms with van der Waals surface area (Å²) in [4.78, 5) is 3.82. The molecule has 0 aliphatic heterocycles. The van der Waals surface area contributed by atoms with Gasteiger partial charge >= 0.3 is 0 Å². The highest BCUT2D eigenvalue weighted by atomic mass is 127. The van der Waals surface area contributed by atoms with E-state index in [2.05, 4.69) is 15.5 Å². The summed E-state index contributed by atoms with van der Waals surface area (Å²) in [6.45, 7) is 0.599. The summed E-state index contributed by atoms with van der Waals surface area (Å²) in [7, 11) is 1.65. The molecule has 0 saturated heterocycles. The number of nitrogens with two attached hydrogens (primary N) is 1. The Kier molecular flexibility index (Phi) is 5.04. The fourth-order valence-corrected chi connectivity index (χ4v) is 1.84. The molecule has 0 saturated carbocycles. The number of hydrogen-bond acceptors (Lipinski definition) is 3. The first-order valence-corrected chi connectivity index (χ1v) is 5.23. The average Bonchev–Trinajstić information content (AvgIpc) is 2.69. The minimum Gasteiger partial charge on any atom is -0.370 e. The molecule has 1 aromatic heterocycles. The van der Waals surface area contributed by atoms with Gasteiger partial charge in [-0.1, -0.05) is 5.16 Å². The van der Waals surface area contributed by atoms with Crippen molar-refractivity contribution in [2.45, 2.75) is 32.2 Å². The van der Waals surface area contributed by atoms with Crippen molar-refractivity contribution in [3.63, 3.8) is 0 Å². The number of hydrogen-bond donors (Lipinski definition) is 2. The van der Waals surface area contributed by atoms with Crippen LogP contribution >= 0.6 is 24.0 Å². The monoisotopic (exact) mass is 336 g/mol. The molecule has 0 spiro atoms. The predicted molar refractivity (Wildman–Crippen MR) is 72.9 cm³/mol. The van der Waals surface area contributed by atoms with E-state index in [1.54, 1.807) is 7.05 Å². The van der Waals surface area contributed by atoms with Crippen molar-refractivity contribution < 1.29 is 4.52 Å². The van der Waals surface area contributed by atoms with Gasteiger partial charge < -0.3 is 15.6 Å². The summed E-state index contributed by atoms with van der Waals surface area (Å²) < 4.78 is 5.28. The molecule has 0 radical (unpaired) electrons. The van der Waals surface area contributed by atoms with Crippen molar-refractivity contribution in [1.29, 1.82) is 0 Å². The summed E-state index contributed by atoms with van der Waals surface area (Å²) in [5.41, 5.74) is 7.78. The topological polar surface area (TPSA) is 76.4 Å². The van der Waals surface area contributed by atoms with Crippen LogP contribution in [0.25, 0.3) is 0 Å². The quantitative estimate of drug-likeness (QED) is 0.484. The molecular formula is C10H17IN4O. The lowest BCUT2D eigenvalue weighted by Crippen LogP contribution is -2.31. The summed E-state index contributed by atoms with van der Waals surface area (Å²) in [5, 5.41) is 7.05. The Morgan fingerprint density at radius 3 is 3.00 bits per heavy atom. The molecule has 0 unspecified atom stereocenters. The highest BCUT2D eigenvalue weighted by molar-refractivity contribution is 14.0. The first-order chi connectivity index (χ1) is 7.31. The smallest absolute Gasteiger partial charge is 0.188 e. The third kappa shape index (κ3) is 2.87. The highest BCUT2D eigenvalue weighted by Crippen LogP contribution is 2.23. The van der Waals surface area contributed by atoms with Gasteiger partial charge in [-0.25, -0.2) is 0 Å². The molecule has 0 bridgehead atoms. The Morgan fingerprint density at radius 1 is 1.50 bits per heavy atom. The first kappa shape index (κ1) is 13.3. The maximum absolute atomic E-state index is 5.55. The summed E-state index contributed by atoms with van der Waals surface area (Å²) in [6.07, 6.45) is 4.50. The highest BCUT2D eigenvalue weighted by Gasteiger charge is 2.18. The molecule has 1 aliphatic carbocycles. The van der Waals surface area contributed by atoms with Gasteiger partial charge in [-0.05, 0) is 19.3 Å². The van der Waals surface area contributed by atoms with Gasteiger partial charge in [0.25, 0.3) is 0 Å². The third-order valence-corrected chi connectivity index (χ3v) is 2.71. The lowest BCUT2D eigenvalue weighted by Gasteiger charge is -2.09. The second kappa shape index (κ2) is 6.07. The largest absolute Gasteiger partial charge is 0.370 e. The van der Waals surface area contributed by atoms with Crippen molar-refractivity contribution in [1.82, 2.24) is 10.5 Å². The van der Waals surface area contributed by atoms with Crippen LogP contribution in [-0.4, -0.2) is 18.2 Å². The van der Waals surface area contributed by atoms with Gasteiger partial charge in [0.05, 0.1) is 6.54 Å². The lowest BCUT2D eigenvalue weighted by molar-refractivity contribution is 0.367. The Balaban J connectivity index is 0.00000128. The molecule has 0 fully saturated rings. The Hall–Kier alpha value is -0.790. The maximum Gasteiger partial charge on any atom is 0.188 e. The number of nitrogens with one attached hydrogen (secondary N) is 1. The molecule has 3 N–H and O–H groups in total. The Labute approximate surface area is 112 Å². The van der Waals surface area contributed by atoms with Gasteiger partial charge in [0, 0.05) is 19.0 Å². The van der Waals surface area contributed by atoms with Crippen molar-refractivity contribution in [3.8, 4) is 0 Å². The molecule has 1 aliphatic rings. The molecule has 1 heterocycles. The predicted octanol–water partition coefficient (Wildman–Crippen LogP) is 1.21. The number of halogens is 1. The second-order valence-corrected chi connectivity index (χ2v) is 3.70.